The van der Waals surface area contributed by atoms with Gasteiger partial charge in [0.15, 0.2) is 0 Å². The van der Waals surface area contributed by atoms with Crippen molar-refractivity contribution < 1.29 is 9.53 Å². The molecule has 1 aromatic carbocycles. The quantitative estimate of drug-likeness (QED) is 0.298. The SMILES string of the molecule is CCC(C)C(N=CC(C)Cc1ccc(C(C)C)cc1)C(=O)OC(C)(C)CC(C)(C)C. The van der Waals surface area contributed by atoms with Gasteiger partial charge in [-0.3, -0.25) is 4.99 Å². The summed E-state index contributed by atoms with van der Waals surface area (Å²) in [5.74, 6) is 0.750. The molecule has 0 saturated heterocycles. The summed E-state index contributed by atoms with van der Waals surface area (Å²) in [7, 11) is 0. The summed E-state index contributed by atoms with van der Waals surface area (Å²) >= 11 is 0. The van der Waals surface area contributed by atoms with Crippen LogP contribution in [0.2, 0.25) is 0 Å². The minimum absolute atomic E-state index is 0.0958. The van der Waals surface area contributed by atoms with Crippen molar-refractivity contribution in [2.24, 2.45) is 22.2 Å². The first-order chi connectivity index (χ1) is 13.7. The number of aliphatic imine (C=N–C) groups is 1. The maximum Gasteiger partial charge on any atom is 0.331 e. The molecule has 1 aromatic rings. The van der Waals surface area contributed by atoms with Crippen LogP contribution in [0.5, 0.6) is 0 Å². The summed E-state index contributed by atoms with van der Waals surface area (Å²) in [5.41, 5.74) is 2.25. The molecule has 0 heterocycles. The fraction of sp³-hybridized carbons (Fsp3) is 0.704. The number of carbonyl (C=O) groups excluding carboxylic acids is 1. The van der Waals surface area contributed by atoms with Gasteiger partial charge in [-0.05, 0) is 61.0 Å². The first-order valence-corrected chi connectivity index (χ1v) is 11.6. The van der Waals surface area contributed by atoms with Gasteiger partial charge in [-0.2, -0.15) is 0 Å². The Bertz CT molecular complexity index is 680. The zero-order valence-corrected chi connectivity index (χ0v) is 21.1. The van der Waals surface area contributed by atoms with Crippen LogP contribution in [0.3, 0.4) is 0 Å². The molecule has 0 radical (unpaired) electrons. The molecule has 3 nitrogen and oxygen atoms in total. The molecule has 0 aliphatic heterocycles. The second-order valence-electron chi connectivity index (χ2n) is 11.1. The number of rotatable bonds is 10. The van der Waals surface area contributed by atoms with E-state index in [2.05, 4.69) is 79.7 Å². The molecule has 0 aliphatic rings. The zero-order chi connectivity index (χ0) is 23.1. The van der Waals surface area contributed by atoms with Gasteiger partial charge in [0.05, 0.1) is 0 Å². The van der Waals surface area contributed by atoms with Crippen LogP contribution in [0, 0.1) is 17.3 Å². The lowest BCUT2D eigenvalue weighted by Gasteiger charge is -2.33. The van der Waals surface area contributed by atoms with E-state index in [0.717, 1.165) is 19.3 Å². The summed E-state index contributed by atoms with van der Waals surface area (Å²) in [4.78, 5) is 17.7. The van der Waals surface area contributed by atoms with Gasteiger partial charge in [0.2, 0.25) is 0 Å². The summed E-state index contributed by atoms with van der Waals surface area (Å²) in [6.07, 6.45) is 4.57. The predicted molar refractivity (Wildman–Crippen MR) is 129 cm³/mol. The first-order valence-electron chi connectivity index (χ1n) is 11.6. The number of carbonyl (C=O) groups is 1. The lowest BCUT2D eigenvalue weighted by Crippen LogP contribution is -2.38. The highest BCUT2D eigenvalue weighted by molar-refractivity contribution is 5.79. The molecule has 0 fully saturated rings. The Kier molecular flexibility index (Phi) is 9.78. The van der Waals surface area contributed by atoms with Crippen molar-refractivity contribution in [2.45, 2.75) is 106 Å². The Labute approximate surface area is 185 Å². The minimum Gasteiger partial charge on any atom is -0.458 e. The maximum absolute atomic E-state index is 13.0. The van der Waals surface area contributed by atoms with Crippen molar-refractivity contribution >= 4 is 12.2 Å². The fourth-order valence-corrected chi connectivity index (χ4v) is 4.01. The monoisotopic (exact) mass is 415 g/mol. The van der Waals surface area contributed by atoms with Crippen LogP contribution in [0.15, 0.2) is 29.3 Å². The molecule has 0 aliphatic carbocycles. The Hall–Kier alpha value is -1.64. The Morgan fingerprint density at radius 1 is 1.03 bits per heavy atom. The average molecular weight is 416 g/mol. The molecule has 3 atom stereocenters. The van der Waals surface area contributed by atoms with Gasteiger partial charge in [0, 0.05) is 6.21 Å². The van der Waals surface area contributed by atoms with Gasteiger partial charge in [0.25, 0.3) is 0 Å². The normalized spacial score (nSPS) is 16.0. The summed E-state index contributed by atoms with van der Waals surface area (Å²) in [6.45, 7) is 21.3. The van der Waals surface area contributed by atoms with Gasteiger partial charge in [-0.1, -0.05) is 86.1 Å². The Balaban J connectivity index is 2.83. The number of benzene rings is 1. The predicted octanol–water partition coefficient (Wildman–Crippen LogP) is 7.23. The van der Waals surface area contributed by atoms with Crippen LogP contribution in [0.25, 0.3) is 0 Å². The highest BCUT2D eigenvalue weighted by Gasteiger charge is 2.33. The Morgan fingerprint density at radius 3 is 2.07 bits per heavy atom. The summed E-state index contributed by atoms with van der Waals surface area (Å²) in [5, 5.41) is 0. The van der Waals surface area contributed by atoms with Crippen molar-refractivity contribution in [3.63, 3.8) is 0 Å². The minimum atomic E-state index is -0.500. The molecular formula is C27H45NO2. The standard InChI is InChI=1S/C27H45NO2/c1-11-21(5)24(25(29)30-27(9,10)18-26(6,7)8)28-17-20(4)16-22-12-14-23(15-13-22)19(2)3/h12-15,17,19-21,24H,11,16,18H2,1-10H3. The fourth-order valence-electron chi connectivity index (χ4n) is 4.01. The number of hydrogen-bond donors (Lipinski definition) is 0. The smallest absolute Gasteiger partial charge is 0.331 e. The van der Waals surface area contributed by atoms with E-state index >= 15 is 0 Å². The topological polar surface area (TPSA) is 38.7 Å². The molecule has 1 rings (SSSR count). The molecular weight excluding hydrogens is 370 g/mol. The van der Waals surface area contributed by atoms with Crippen LogP contribution in [0.1, 0.15) is 99.1 Å². The molecule has 0 saturated carbocycles. The third kappa shape index (κ3) is 9.45. The van der Waals surface area contributed by atoms with E-state index in [9.17, 15) is 4.79 Å². The van der Waals surface area contributed by atoms with Gasteiger partial charge >= 0.3 is 5.97 Å². The maximum atomic E-state index is 13.0. The van der Waals surface area contributed by atoms with Crippen molar-refractivity contribution in [1.82, 2.24) is 0 Å². The number of ether oxygens (including phenoxy) is 1. The van der Waals surface area contributed by atoms with Crippen LogP contribution < -0.4 is 0 Å². The van der Waals surface area contributed by atoms with Gasteiger partial charge in [-0.15, -0.1) is 0 Å². The summed E-state index contributed by atoms with van der Waals surface area (Å²) in [6, 6.07) is 8.38. The number of nitrogens with zero attached hydrogens (tertiary/aromatic N) is 1. The average Bonchev–Trinajstić information content (AvgIpc) is 2.59. The van der Waals surface area contributed by atoms with E-state index in [1.54, 1.807) is 0 Å². The second kappa shape index (κ2) is 11.1. The van der Waals surface area contributed by atoms with Crippen LogP contribution in [-0.4, -0.2) is 23.8 Å². The molecule has 3 unspecified atom stereocenters. The molecule has 0 aromatic heterocycles. The van der Waals surface area contributed by atoms with Crippen LogP contribution >= 0.6 is 0 Å². The van der Waals surface area contributed by atoms with Crippen molar-refractivity contribution in [3.8, 4) is 0 Å². The second-order valence-corrected chi connectivity index (χ2v) is 11.1. The summed E-state index contributed by atoms with van der Waals surface area (Å²) < 4.78 is 5.93. The molecule has 170 valence electrons. The molecule has 3 heteroatoms. The van der Waals surface area contributed by atoms with Gasteiger partial charge in [0.1, 0.15) is 11.6 Å². The van der Waals surface area contributed by atoms with E-state index in [1.807, 2.05) is 20.1 Å². The third-order valence-corrected chi connectivity index (χ3v) is 5.46. The van der Waals surface area contributed by atoms with Crippen molar-refractivity contribution in [3.05, 3.63) is 35.4 Å². The van der Waals surface area contributed by atoms with Crippen LogP contribution in [-0.2, 0) is 16.0 Å². The van der Waals surface area contributed by atoms with Gasteiger partial charge < -0.3 is 4.74 Å². The lowest BCUT2D eigenvalue weighted by molar-refractivity contribution is -0.161. The van der Waals surface area contributed by atoms with Crippen molar-refractivity contribution in [2.75, 3.05) is 0 Å². The first kappa shape index (κ1) is 26.4. The van der Waals surface area contributed by atoms with E-state index in [-0.39, 0.29) is 23.2 Å². The van der Waals surface area contributed by atoms with E-state index < -0.39 is 11.6 Å². The number of hydrogen-bond acceptors (Lipinski definition) is 3. The van der Waals surface area contributed by atoms with Crippen LogP contribution in [0.4, 0.5) is 0 Å². The van der Waals surface area contributed by atoms with Crippen molar-refractivity contribution in [1.29, 1.82) is 0 Å². The zero-order valence-electron chi connectivity index (χ0n) is 21.1. The molecule has 0 N–H and O–H groups in total. The Morgan fingerprint density at radius 2 is 1.60 bits per heavy atom. The molecule has 0 amide bonds. The third-order valence-electron chi connectivity index (χ3n) is 5.46. The molecule has 0 bridgehead atoms. The van der Waals surface area contributed by atoms with E-state index in [4.69, 9.17) is 9.73 Å². The van der Waals surface area contributed by atoms with E-state index in [1.165, 1.54) is 11.1 Å². The largest absolute Gasteiger partial charge is 0.458 e. The molecule has 0 spiro atoms. The van der Waals surface area contributed by atoms with Gasteiger partial charge in [-0.25, -0.2) is 4.79 Å². The highest BCUT2D eigenvalue weighted by atomic mass is 16.6. The lowest BCUT2D eigenvalue weighted by atomic mass is 9.83. The molecule has 30 heavy (non-hydrogen) atoms. The highest BCUT2D eigenvalue weighted by Crippen LogP contribution is 2.30. The number of esters is 1. The van der Waals surface area contributed by atoms with E-state index in [0.29, 0.717) is 5.92 Å².